The van der Waals surface area contributed by atoms with Gasteiger partial charge in [-0.05, 0) is 24.3 Å². The van der Waals surface area contributed by atoms with Gasteiger partial charge in [-0.1, -0.05) is 134 Å². The second kappa shape index (κ2) is 16.7. The third kappa shape index (κ3) is 12.2. The average molecular weight is 345 g/mol. The Morgan fingerprint density at radius 1 is 0.520 bits per heavy atom. The number of hydrogen-bond donors (Lipinski definition) is 0. The number of rotatable bonds is 17. The fraction of sp³-hybridized carbons (Fsp3) is 0.760. The van der Waals surface area contributed by atoms with Crippen molar-refractivity contribution in [3.05, 3.63) is 35.9 Å². The van der Waals surface area contributed by atoms with Gasteiger partial charge >= 0.3 is 0 Å². The summed E-state index contributed by atoms with van der Waals surface area (Å²) in [6, 6.07) is 11.2. The second-order valence-corrected chi connectivity index (χ2v) is 7.93. The van der Waals surface area contributed by atoms with Gasteiger partial charge in [0.05, 0.1) is 0 Å². The quantitative estimate of drug-likeness (QED) is 0.247. The molecule has 0 N–H and O–H groups in total. The van der Waals surface area contributed by atoms with Gasteiger partial charge < -0.3 is 0 Å². The molecule has 0 radical (unpaired) electrons. The predicted octanol–water partition coefficient (Wildman–Crippen LogP) is 9.05. The first kappa shape index (κ1) is 22.3. The Bertz CT molecular complexity index is 367. The van der Waals surface area contributed by atoms with Gasteiger partial charge in [-0.2, -0.15) is 0 Å². The standard InChI is InChI=1S/C25H44/c1-3-5-6-7-8-9-10-11-12-13-14-15-17-21-24(20-4-2)25-22-18-16-19-23-25/h16,18-19,22-24H,3-15,17,20-21H2,1-2H3. The molecule has 0 amide bonds. The maximum absolute atomic E-state index is 2.32. The Morgan fingerprint density at radius 3 is 1.48 bits per heavy atom. The summed E-state index contributed by atoms with van der Waals surface area (Å²) < 4.78 is 0. The van der Waals surface area contributed by atoms with Gasteiger partial charge in [-0.3, -0.25) is 0 Å². The molecule has 144 valence electrons. The smallest absolute Gasteiger partial charge is 0.0162 e. The van der Waals surface area contributed by atoms with E-state index in [1.807, 2.05) is 0 Å². The van der Waals surface area contributed by atoms with E-state index in [9.17, 15) is 0 Å². The van der Waals surface area contributed by atoms with Crippen LogP contribution in [0.2, 0.25) is 0 Å². The van der Waals surface area contributed by atoms with E-state index < -0.39 is 0 Å². The summed E-state index contributed by atoms with van der Waals surface area (Å²) in [6.07, 6.45) is 22.9. The summed E-state index contributed by atoms with van der Waals surface area (Å²) in [5.41, 5.74) is 1.56. The topological polar surface area (TPSA) is 0 Å². The maximum Gasteiger partial charge on any atom is -0.0162 e. The molecule has 0 aliphatic heterocycles. The van der Waals surface area contributed by atoms with Crippen molar-refractivity contribution < 1.29 is 0 Å². The average Bonchev–Trinajstić information content (AvgIpc) is 2.65. The molecule has 1 rings (SSSR count). The molecule has 0 saturated carbocycles. The van der Waals surface area contributed by atoms with Gasteiger partial charge in [-0.15, -0.1) is 0 Å². The molecule has 25 heavy (non-hydrogen) atoms. The first-order chi connectivity index (χ1) is 12.4. The SMILES string of the molecule is CCCCCCCCCCCCCCCC(CCC)c1ccccc1. The normalized spacial score (nSPS) is 12.4. The molecule has 0 aliphatic carbocycles. The van der Waals surface area contributed by atoms with Gasteiger partial charge in [0.1, 0.15) is 0 Å². The molecular weight excluding hydrogens is 300 g/mol. The Morgan fingerprint density at radius 2 is 1.00 bits per heavy atom. The van der Waals surface area contributed by atoms with Crippen LogP contribution in [0.25, 0.3) is 0 Å². The number of unbranched alkanes of at least 4 members (excludes halogenated alkanes) is 12. The van der Waals surface area contributed by atoms with Crippen molar-refractivity contribution in [1.82, 2.24) is 0 Å². The largest absolute Gasteiger partial charge is 0.0654 e. The third-order valence-electron chi connectivity index (χ3n) is 5.56. The summed E-state index contributed by atoms with van der Waals surface area (Å²) in [6.45, 7) is 4.62. The molecule has 0 aromatic heterocycles. The van der Waals surface area contributed by atoms with Crippen LogP contribution in [-0.2, 0) is 0 Å². The molecule has 0 bridgehead atoms. The van der Waals surface area contributed by atoms with E-state index in [-0.39, 0.29) is 0 Å². The van der Waals surface area contributed by atoms with Gasteiger partial charge in [0, 0.05) is 0 Å². The van der Waals surface area contributed by atoms with Gasteiger partial charge in [-0.25, -0.2) is 0 Å². The van der Waals surface area contributed by atoms with E-state index in [4.69, 9.17) is 0 Å². The molecule has 1 aromatic carbocycles. The second-order valence-electron chi connectivity index (χ2n) is 7.93. The highest BCUT2D eigenvalue weighted by atomic mass is 14.1. The zero-order chi connectivity index (χ0) is 18.0. The molecule has 0 aliphatic rings. The van der Waals surface area contributed by atoms with Crippen LogP contribution in [0.4, 0.5) is 0 Å². The lowest BCUT2D eigenvalue weighted by Gasteiger charge is -2.16. The monoisotopic (exact) mass is 344 g/mol. The van der Waals surface area contributed by atoms with E-state index in [1.165, 1.54) is 103 Å². The third-order valence-corrected chi connectivity index (χ3v) is 5.56. The van der Waals surface area contributed by atoms with Crippen LogP contribution in [0.1, 0.15) is 128 Å². The van der Waals surface area contributed by atoms with Crippen molar-refractivity contribution in [2.75, 3.05) is 0 Å². The molecule has 0 nitrogen and oxygen atoms in total. The molecule has 1 unspecified atom stereocenters. The molecule has 1 aromatic rings. The molecule has 0 heteroatoms. The minimum atomic E-state index is 0.791. The number of hydrogen-bond acceptors (Lipinski definition) is 0. The Labute approximate surface area is 158 Å². The molecule has 0 fully saturated rings. The molecule has 0 spiro atoms. The van der Waals surface area contributed by atoms with Gasteiger partial charge in [0.2, 0.25) is 0 Å². The fourth-order valence-electron chi connectivity index (χ4n) is 3.96. The van der Waals surface area contributed by atoms with Crippen LogP contribution >= 0.6 is 0 Å². The lowest BCUT2D eigenvalue weighted by atomic mass is 9.89. The van der Waals surface area contributed by atoms with Crippen LogP contribution < -0.4 is 0 Å². The van der Waals surface area contributed by atoms with Gasteiger partial charge in [0.25, 0.3) is 0 Å². The molecule has 0 heterocycles. The summed E-state index contributed by atoms with van der Waals surface area (Å²) in [5, 5.41) is 0. The van der Waals surface area contributed by atoms with E-state index in [0.717, 1.165) is 5.92 Å². The summed E-state index contributed by atoms with van der Waals surface area (Å²) in [5.74, 6) is 0.791. The van der Waals surface area contributed by atoms with E-state index in [0.29, 0.717) is 0 Å². The highest BCUT2D eigenvalue weighted by Crippen LogP contribution is 2.27. The van der Waals surface area contributed by atoms with E-state index in [1.54, 1.807) is 5.56 Å². The lowest BCUT2D eigenvalue weighted by molar-refractivity contribution is 0.502. The Kier molecular flexibility index (Phi) is 14.8. The predicted molar refractivity (Wildman–Crippen MR) is 114 cm³/mol. The highest BCUT2D eigenvalue weighted by Gasteiger charge is 2.09. The first-order valence-corrected chi connectivity index (χ1v) is 11.4. The van der Waals surface area contributed by atoms with Crippen molar-refractivity contribution >= 4 is 0 Å². The summed E-state index contributed by atoms with van der Waals surface area (Å²) in [7, 11) is 0. The first-order valence-electron chi connectivity index (χ1n) is 11.4. The maximum atomic E-state index is 2.32. The fourth-order valence-corrected chi connectivity index (χ4v) is 3.96. The number of benzene rings is 1. The molecule has 1 atom stereocenters. The summed E-state index contributed by atoms with van der Waals surface area (Å²) in [4.78, 5) is 0. The van der Waals surface area contributed by atoms with Crippen molar-refractivity contribution in [3.8, 4) is 0 Å². The van der Waals surface area contributed by atoms with E-state index >= 15 is 0 Å². The highest BCUT2D eigenvalue weighted by molar-refractivity contribution is 5.19. The Balaban J connectivity index is 1.93. The Hall–Kier alpha value is -0.780. The van der Waals surface area contributed by atoms with Crippen LogP contribution in [0.15, 0.2) is 30.3 Å². The van der Waals surface area contributed by atoms with Crippen molar-refractivity contribution in [2.24, 2.45) is 0 Å². The van der Waals surface area contributed by atoms with Crippen molar-refractivity contribution in [1.29, 1.82) is 0 Å². The zero-order valence-electron chi connectivity index (χ0n) is 17.3. The summed E-state index contributed by atoms with van der Waals surface area (Å²) >= 11 is 0. The lowest BCUT2D eigenvalue weighted by Crippen LogP contribution is -1.98. The van der Waals surface area contributed by atoms with Crippen LogP contribution in [0.5, 0.6) is 0 Å². The van der Waals surface area contributed by atoms with Crippen molar-refractivity contribution in [2.45, 2.75) is 122 Å². The van der Waals surface area contributed by atoms with Gasteiger partial charge in [0.15, 0.2) is 0 Å². The van der Waals surface area contributed by atoms with E-state index in [2.05, 4.69) is 44.2 Å². The minimum Gasteiger partial charge on any atom is -0.0654 e. The molecular formula is C25H44. The van der Waals surface area contributed by atoms with Crippen molar-refractivity contribution in [3.63, 3.8) is 0 Å². The minimum absolute atomic E-state index is 0.791. The van der Waals surface area contributed by atoms with Crippen LogP contribution in [0.3, 0.4) is 0 Å². The van der Waals surface area contributed by atoms with Crippen LogP contribution in [0, 0.1) is 0 Å². The zero-order valence-corrected chi connectivity index (χ0v) is 17.3. The molecule has 0 saturated heterocycles. The van der Waals surface area contributed by atoms with Crippen LogP contribution in [-0.4, -0.2) is 0 Å².